The molecule has 1 heterocycles. The van der Waals surface area contributed by atoms with E-state index in [1.807, 2.05) is 0 Å². The Bertz CT molecular complexity index is 720. The van der Waals surface area contributed by atoms with E-state index in [4.69, 9.17) is 9.47 Å². The minimum absolute atomic E-state index is 0.0754. The quantitative estimate of drug-likeness (QED) is 0.532. The van der Waals surface area contributed by atoms with Gasteiger partial charge in [0.15, 0.2) is 0 Å². The average molecular weight is 404 g/mol. The van der Waals surface area contributed by atoms with Crippen LogP contribution in [0.15, 0.2) is 24.3 Å². The summed E-state index contributed by atoms with van der Waals surface area (Å²) in [6, 6.07) is 8.25. The molecule has 1 aliphatic heterocycles. The minimum Gasteiger partial charge on any atom is -0.466 e. The van der Waals surface area contributed by atoms with Gasteiger partial charge in [-0.15, -0.1) is 0 Å². The second-order valence-electron chi connectivity index (χ2n) is 8.64. The highest BCUT2D eigenvalue weighted by atomic mass is 16.5. The van der Waals surface area contributed by atoms with Crippen molar-refractivity contribution in [3.05, 3.63) is 35.4 Å². The summed E-state index contributed by atoms with van der Waals surface area (Å²) in [5.74, 6) is -0.845. The minimum atomic E-state index is -0.484. The standard InChI is InChI=1S/C23H33NO5/c1-6-29-21(26)15-20(25)17-11-12-24(22(27)28-5)19(14-17)13-16-7-9-18(10-8-16)23(2,3)4/h7-10,17,19H,6,11-15H2,1-5H3/t17-,19+/m0/s1. The lowest BCUT2D eigenvalue weighted by Gasteiger charge is -2.38. The SMILES string of the molecule is CCOC(=O)CC(=O)[C@H]1CCN(C(=O)OC)[C@H](Cc2ccc(C(C)(C)C)cc2)C1. The Morgan fingerprint density at radius 1 is 1.14 bits per heavy atom. The van der Waals surface area contributed by atoms with Crippen LogP contribution in [0.5, 0.6) is 0 Å². The predicted molar refractivity (Wildman–Crippen MR) is 111 cm³/mol. The van der Waals surface area contributed by atoms with Gasteiger partial charge in [0.05, 0.1) is 13.7 Å². The molecule has 2 atom stereocenters. The van der Waals surface area contributed by atoms with Crippen LogP contribution in [0.4, 0.5) is 4.79 Å². The smallest absolute Gasteiger partial charge is 0.409 e. The van der Waals surface area contributed by atoms with E-state index in [0.29, 0.717) is 25.8 Å². The van der Waals surface area contributed by atoms with Crippen molar-refractivity contribution in [2.45, 2.75) is 64.8 Å². The summed E-state index contributed by atoms with van der Waals surface area (Å²) >= 11 is 0. The molecule has 0 spiro atoms. The highest BCUT2D eigenvalue weighted by Crippen LogP contribution is 2.29. The van der Waals surface area contributed by atoms with Crippen LogP contribution in [0.25, 0.3) is 0 Å². The average Bonchev–Trinajstić information content (AvgIpc) is 2.67. The van der Waals surface area contributed by atoms with Crippen LogP contribution in [0, 0.1) is 5.92 Å². The van der Waals surface area contributed by atoms with Crippen molar-refractivity contribution in [1.29, 1.82) is 0 Å². The third-order valence-corrected chi connectivity index (χ3v) is 5.50. The van der Waals surface area contributed by atoms with Gasteiger partial charge >= 0.3 is 12.1 Å². The zero-order chi connectivity index (χ0) is 21.6. The second kappa shape index (κ2) is 9.90. The number of piperidine rings is 1. The number of benzene rings is 1. The van der Waals surface area contributed by atoms with E-state index in [0.717, 1.165) is 5.56 Å². The number of hydrogen-bond donors (Lipinski definition) is 0. The number of ether oxygens (including phenoxy) is 2. The Morgan fingerprint density at radius 3 is 2.34 bits per heavy atom. The molecule has 0 N–H and O–H groups in total. The van der Waals surface area contributed by atoms with Crippen molar-refractivity contribution < 1.29 is 23.9 Å². The van der Waals surface area contributed by atoms with Gasteiger partial charge in [0, 0.05) is 18.5 Å². The number of methoxy groups -OCH3 is 1. The Labute approximate surface area is 173 Å². The van der Waals surface area contributed by atoms with Crippen molar-refractivity contribution in [3.8, 4) is 0 Å². The maximum Gasteiger partial charge on any atom is 0.409 e. The van der Waals surface area contributed by atoms with Gasteiger partial charge in [0.25, 0.3) is 0 Å². The molecule has 160 valence electrons. The molecule has 2 rings (SSSR count). The number of esters is 1. The van der Waals surface area contributed by atoms with Gasteiger partial charge in [-0.1, -0.05) is 45.0 Å². The monoisotopic (exact) mass is 403 g/mol. The normalized spacial score (nSPS) is 19.6. The summed E-state index contributed by atoms with van der Waals surface area (Å²) in [7, 11) is 1.37. The molecule has 29 heavy (non-hydrogen) atoms. The number of amides is 1. The van der Waals surface area contributed by atoms with Gasteiger partial charge in [-0.2, -0.15) is 0 Å². The van der Waals surface area contributed by atoms with Gasteiger partial charge in [0.1, 0.15) is 12.2 Å². The highest BCUT2D eigenvalue weighted by molar-refractivity contribution is 5.96. The van der Waals surface area contributed by atoms with Crippen LogP contribution in [0.2, 0.25) is 0 Å². The summed E-state index contributed by atoms with van der Waals surface area (Å²) < 4.78 is 9.84. The highest BCUT2D eigenvalue weighted by Gasteiger charge is 2.35. The number of likely N-dealkylation sites (tertiary alicyclic amines) is 1. The topological polar surface area (TPSA) is 72.9 Å². The molecule has 6 nitrogen and oxygen atoms in total. The zero-order valence-corrected chi connectivity index (χ0v) is 18.2. The van der Waals surface area contributed by atoms with Crippen LogP contribution in [-0.4, -0.2) is 49.0 Å². The number of nitrogens with zero attached hydrogens (tertiary/aromatic N) is 1. The second-order valence-corrected chi connectivity index (χ2v) is 8.64. The van der Waals surface area contributed by atoms with E-state index in [9.17, 15) is 14.4 Å². The molecule has 1 aromatic carbocycles. The van der Waals surface area contributed by atoms with Crippen molar-refractivity contribution in [3.63, 3.8) is 0 Å². The number of rotatable bonds is 6. The Morgan fingerprint density at radius 2 is 1.79 bits per heavy atom. The van der Waals surface area contributed by atoms with Gasteiger partial charge in [-0.3, -0.25) is 9.59 Å². The zero-order valence-electron chi connectivity index (χ0n) is 18.2. The molecular weight excluding hydrogens is 370 g/mol. The fourth-order valence-electron chi connectivity index (χ4n) is 3.81. The molecule has 0 aliphatic carbocycles. The first-order chi connectivity index (χ1) is 13.7. The molecule has 0 unspecified atom stereocenters. The fraction of sp³-hybridized carbons (Fsp3) is 0.609. The Balaban J connectivity index is 2.12. The van der Waals surface area contributed by atoms with Crippen LogP contribution in [-0.2, 0) is 30.9 Å². The van der Waals surface area contributed by atoms with Crippen molar-refractivity contribution in [2.75, 3.05) is 20.3 Å². The third-order valence-electron chi connectivity index (χ3n) is 5.50. The number of hydrogen-bond acceptors (Lipinski definition) is 5. The lowest BCUT2D eigenvalue weighted by Crippen LogP contribution is -2.48. The summed E-state index contributed by atoms with van der Waals surface area (Å²) in [6.07, 6.45) is 1.12. The fourth-order valence-corrected chi connectivity index (χ4v) is 3.81. The molecule has 1 amide bonds. The van der Waals surface area contributed by atoms with E-state index in [1.54, 1.807) is 11.8 Å². The van der Waals surface area contributed by atoms with Gasteiger partial charge in [-0.25, -0.2) is 4.79 Å². The van der Waals surface area contributed by atoms with Gasteiger partial charge in [0.2, 0.25) is 0 Å². The van der Waals surface area contributed by atoms with Crippen LogP contribution < -0.4 is 0 Å². The number of carbonyl (C=O) groups excluding carboxylic acids is 3. The first-order valence-corrected chi connectivity index (χ1v) is 10.3. The third kappa shape index (κ3) is 6.31. The van der Waals surface area contributed by atoms with Crippen molar-refractivity contribution in [1.82, 2.24) is 4.90 Å². The van der Waals surface area contributed by atoms with Crippen LogP contribution in [0.1, 0.15) is 58.1 Å². The molecule has 1 aliphatic rings. The number of carbonyl (C=O) groups is 3. The molecule has 1 aromatic rings. The largest absolute Gasteiger partial charge is 0.466 e. The maximum absolute atomic E-state index is 12.5. The van der Waals surface area contributed by atoms with E-state index in [-0.39, 0.29) is 42.3 Å². The Kier molecular flexibility index (Phi) is 7.82. The van der Waals surface area contributed by atoms with E-state index < -0.39 is 5.97 Å². The summed E-state index contributed by atoms with van der Waals surface area (Å²) in [6.45, 7) is 8.93. The van der Waals surface area contributed by atoms with Crippen molar-refractivity contribution >= 4 is 17.8 Å². The molecule has 0 saturated carbocycles. The molecule has 1 fully saturated rings. The first-order valence-electron chi connectivity index (χ1n) is 10.3. The number of ketones is 1. The first kappa shape index (κ1) is 22.9. The number of Topliss-reactive ketones (excluding diaryl/α,β-unsaturated/α-hetero) is 1. The van der Waals surface area contributed by atoms with Gasteiger partial charge in [-0.05, 0) is 42.7 Å². The predicted octanol–water partition coefficient (Wildman–Crippen LogP) is 3.90. The van der Waals surface area contributed by atoms with E-state index in [1.165, 1.54) is 12.7 Å². The molecule has 1 saturated heterocycles. The Hall–Kier alpha value is -2.37. The van der Waals surface area contributed by atoms with Crippen molar-refractivity contribution in [2.24, 2.45) is 5.92 Å². The lowest BCUT2D eigenvalue weighted by molar-refractivity contribution is -0.146. The summed E-state index contributed by atoms with van der Waals surface area (Å²) in [5, 5.41) is 0. The lowest BCUT2D eigenvalue weighted by atomic mass is 9.83. The summed E-state index contributed by atoms with van der Waals surface area (Å²) in [5.41, 5.74) is 2.43. The molecular formula is C23H33NO5. The molecule has 6 heteroatoms. The summed E-state index contributed by atoms with van der Waals surface area (Å²) in [4.78, 5) is 38.2. The maximum atomic E-state index is 12.5. The van der Waals surface area contributed by atoms with E-state index in [2.05, 4.69) is 45.0 Å². The molecule has 0 radical (unpaired) electrons. The molecule has 0 aromatic heterocycles. The van der Waals surface area contributed by atoms with Gasteiger partial charge < -0.3 is 14.4 Å². The van der Waals surface area contributed by atoms with E-state index >= 15 is 0 Å². The van der Waals surface area contributed by atoms with Crippen LogP contribution in [0.3, 0.4) is 0 Å². The van der Waals surface area contributed by atoms with Crippen LogP contribution >= 0.6 is 0 Å². The molecule has 0 bridgehead atoms.